The van der Waals surface area contributed by atoms with Crippen molar-refractivity contribution >= 4 is 23.5 Å². The lowest BCUT2D eigenvalue weighted by Crippen LogP contribution is -2.23. The Morgan fingerprint density at radius 2 is 2.58 bits per heavy atom. The molecule has 1 aliphatic heterocycles. The molecule has 1 nitrogen and oxygen atoms in total. The number of nitriles is 1. The van der Waals surface area contributed by atoms with E-state index in [1.54, 1.807) is 11.8 Å². The molecule has 0 aromatic rings. The molecule has 1 saturated heterocycles. The molecule has 3 unspecified atom stereocenters. The largest absolute Gasteiger partial charge is 0.196 e. The Kier molecular flexibility index (Phi) is 2.14. The number of nitrogens with zero attached hydrogens (tertiary/aromatic N) is 1. The molecule has 0 amide bonds. The van der Waals surface area contributed by atoms with E-state index in [-0.39, 0.29) is 4.08 Å². The van der Waals surface area contributed by atoms with Crippen molar-refractivity contribution in [3.05, 3.63) is 12.2 Å². The van der Waals surface area contributed by atoms with E-state index in [1.807, 2.05) is 11.8 Å². The number of hydrogen-bond donors (Lipinski definition) is 0. The third-order valence-electron chi connectivity index (χ3n) is 2.37. The summed E-state index contributed by atoms with van der Waals surface area (Å²) in [5.41, 5.74) is 0. The predicted octanol–water partition coefficient (Wildman–Crippen LogP) is 2.65. The minimum atomic E-state index is -0.145. The first-order chi connectivity index (χ1) is 5.80. The Morgan fingerprint density at radius 3 is 3.00 bits per heavy atom. The van der Waals surface area contributed by atoms with Crippen LogP contribution in [0.4, 0.5) is 0 Å². The van der Waals surface area contributed by atoms with Gasteiger partial charge in [-0.15, -0.1) is 23.5 Å². The van der Waals surface area contributed by atoms with Gasteiger partial charge in [-0.3, -0.25) is 0 Å². The second-order valence-electron chi connectivity index (χ2n) is 3.10. The summed E-state index contributed by atoms with van der Waals surface area (Å²) < 4.78 is -0.145. The lowest BCUT2D eigenvalue weighted by molar-refractivity contribution is 0.675. The molecule has 2 aliphatic rings. The molecule has 0 spiro atoms. The first-order valence-electron chi connectivity index (χ1n) is 4.22. The van der Waals surface area contributed by atoms with Gasteiger partial charge in [0.05, 0.1) is 6.07 Å². The lowest BCUT2D eigenvalue weighted by Gasteiger charge is -2.25. The van der Waals surface area contributed by atoms with Crippen molar-refractivity contribution in [2.45, 2.75) is 22.7 Å². The third kappa shape index (κ3) is 1.09. The van der Waals surface area contributed by atoms with Crippen molar-refractivity contribution in [2.75, 3.05) is 5.75 Å². The molecular weight excluding hydrogens is 186 g/mol. The fraction of sp³-hybridized carbons (Fsp3) is 0.667. The molecule has 0 radical (unpaired) electrons. The maximum Gasteiger partial charge on any atom is 0.155 e. The first kappa shape index (κ1) is 8.52. The Balaban J connectivity index is 2.21. The van der Waals surface area contributed by atoms with Gasteiger partial charge >= 0.3 is 0 Å². The zero-order valence-corrected chi connectivity index (χ0v) is 8.62. The van der Waals surface area contributed by atoms with Crippen LogP contribution < -0.4 is 0 Å². The highest BCUT2D eigenvalue weighted by Crippen LogP contribution is 2.57. The van der Waals surface area contributed by atoms with Gasteiger partial charge in [-0.1, -0.05) is 19.1 Å². The summed E-state index contributed by atoms with van der Waals surface area (Å²) in [6.45, 7) is 2.13. The predicted molar refractivity (Wildman–Crippen MR) is 55.1 cm³/mol. The summed E-state index contributed by atoms with van der Waals surface area (Å²) in [6.07, 6.45) is 5.67. The normalized spacial score (nSPS) is 43.3. The van der Waals surface area contributed by atoms with Crippen molar-refractivity contribution in [2.24, 2.45) is 5.92 Å². The molecule has 0 aromatic heterocycles. The van der Waals surface area contributed by atoms with E-state index in [4.69, 9.17) is 5.26 Å². The number of thioether (sulfide) groups is 2. The van der Waals surface area contributed by atoms with Crippen LogP contribution in [0.25, 0.3) is 0 Å². The minimum Gasteiger partial charge on any atom is -0.196 e. The zero-order chi connectivity index (χ0) is 8.60. The van der Waals surface area contributed by atoms with Crippen molar-refractivity contribution in [3.8, 4) is 6.07 Å². The molecule has 12 heavy (non-hydrogen) atoms. The maximum absolute atomic E-state index is 9.14. The van der Waals surface area contributed by atoms with Gasteiger partial charge in [-0.05, 0) is 12.2 Å². The summed E-state index contributed by atoms with van der Waals surface area (Å²) in [6, 6.07) is 2.48. The average Bonchev–Trinajstić information content (AvgIpc) is 2.64. The molecule has 0 aromatic carbocycles. The van der Waals surface area contributed by atoms with E-state index in [9.17, 15) is 0 Å². The lowest BCUT2D eigenvalue weighted by atomic mass is 10.1. The van der Waals surface area contributed by atoms with Crippen molar-refractivity contribution < 1.29 is 0 Å². The van der Waals surface area contributed by atoms with Crippen LogP contribution in [0.15, 0.2) is 12.2 Å². The van der Waals surface area contributed by atoms with Gasteiger partial charge in [-0.25, -0.2) is 0 Å². The van der Waals surface area contributed by atoms with Gasteiger partial charge < -0.3 is 0 Å². The van der Waals surface area contributed by atoms with Crippen molar-refractivity contribution in [3.63, 3.8) is 0 Å². The summed E-state index contributed by atoms with van der Waals surface area (Å²) in [4.78, 5) is 0. The van der Waals surface area contributed by atoms with Gasteiger partial charge in [0, 0.05) is 11.2 Å². The fourth-order valence-corrected chi connectivity index (χ4v) is 5.05. The Morgan fingerprint density at radius 1 is 1.75 bits per heavy atom. The molecule has 0 N–H and O–H groups in total. The summed E-state index contributed by atoms with van der Waals surface area (Å²) in [7, 11) is 0. The van der Waals surface area contributed by atoms with E-state index in [0.29, 0.717) is 11.2 Å². The molecule has 1 fully saturated rings. The van der Waals surface area contributed by atoms with Gasteiger partial charge in [0.25, 0.3) is 0 Å². The van der Waals surface area contributed by atoms with Crippen LogP contribution in [0.2, 0.25) is 0 Å². The smallest absolute Gasteiger partial charge is 0.155 e. The van der Waals surface area contributed by atoms with Crippen LogP contribution in [0.3, 0.4) is 0 Å². The van der Waals surface area contributed by atoms with Crippen molar-refractivity contribution in [1.29, 1.82) is 5.26 Å². The summed E-state index contributed by atoms with van der Waals surface area (Å²) in [5.74, 6) is 1.54. The summed E-state index contributed by atoms with van der Waals surface area (Å²) >= 11 is 3.65. The van der Waals surface area contributed by atoms with Gasteiger partial charge in [-0.2, -0.15) is 5.26 Å². The second kappa shape index (κ2) is 3.01. The van der Waals surface area contributed by atoms with E-state index in [1.165, 1.54) is 6.42 Å². The quantitative estimate of drug-likeness (QED) is 0.636. The molecule has 1 heterocycles. The number of hydrogen-bond acceptors (Lipinski definition) is 3. The van der Waals surface area contributed by atoms with E-state index < -0.39 is 0 Å². The Labute approximate surface area is 81.6 Å². The Bertz CT molecular complexity index is 256. The Hall–Kier alpha value is -0.0700. The van der Waals surface area contributed by atoms with Crippen LogP contribution in [-0.2, 0) is 0 Å². The number of rotatable bonds is 2. The van der Waals surface area contributed by atoms with Crippen LogP contribution in [0.1, 0.15) is 13.3 Å². The standard InChI is InChI=1S/C9H11NS2/c1-2-11-9(6-10)7-3-4-8(5-7)12-9/h3-4,7-8H,2,5H2,1H3. The topological polar surface area (TPSA) is 23.8 Å². The van der Waals surface area contributed by atoms with E-state index in [0.717, 1.165) is 5.75 Å². The van der Waals surface area contributed by atoms with Crippen LogP contribution in [0.5, 0.6) is 0 Å². The highest BCUT2D eigenvalue weighted by Gasteiger charge is 2.49. The SMILES string of the molecule is CCSC1(C#N)SC2C=CC1C2. The third-order valence-corrected chi connectivity index (χ3v) is 5.52. The average molecular weight is 197 g/mol. The number of allylic oxidation sites excluding steroid dienone is 1. The maximum atomic E-state index is 9.14. The molecule has 3 atom stereocenters. The highest BCUT2D eigenvalue weighted by molar-refractivity contribution is 8.19. The van der Waals surface area contributed by atoms with Crippen LogP contribution in [0, 0.1) is 17.2 Å². The second-order valence-corrected chi connectivity index (χ2v) is 6.35. The van der Waals surface area contributed by atoms with Crippen LogP contribution >= 0.6 is 23.5 Å². The van der Waals surface area contributed by atoms with Crippen LogP contribution in [-0.4, -0.2) is 15.1 Å². The first-order valence-corrected chi connectivity index (χ1v) is 6.08. The van der Waals surface area contributed by atoms with Gasteiger partial charge in [0.15, 0.2) is 4.08 Å². The molecular formula is C9H11NS2. The number of fused-ring (bicyclic) bond motifs is 2. The molecule has 3 heteroatoms. The van der Waals surface area contributed by atoms with E-state index >= 15 is 0 Å². The molecule has 2 rings (SSSR count). The monoisotopic (exact) mass is 197 g/mol. The van der Waals surface area contributed by atoms with Gasteiger partial charge in [0.1, 0.15) is 0 Å². The molecule has 64 valence electrons. The van der Waals surface area contributed by atoms with Crippen molar-refractivity contribution in [1.82, 2.24) is 0 Å². The van der Waals surface area contributed by atoms with E-state index in [2.05, 4.69) is 25.1 Å². The van der Waals surface area contributed by atoms with Gasteiger partial charge in [0.2, 0.25) is 0 Å². The molecule has 1 aliphatic carbocycles. The molecule has 0 saturated carbocycles. The molecule has 2 bridgehead atoms. The summed E-state index contributed by atoms with van der Waals surface area (Å²) in [5, 5.41) is 9.76. The minimum absolute atomic E-state index is 0.145. The zero-order valence-electron chi connectivity index (χ0n) is 6.99. The fourth-order valence-electron chi connectivity index (χ4n) is 1.84. The highest BCUT2D eigenvalue weighted by atomic mass is 32.2.